The van der Waals surface area contributed by atoms with Crippen molar-refractivity contribution in [2.75, 3.05) is 27.2 Å². The van der Waals surface area contributed by atoms with Crippen molar-refractivity contribution in [3.05, 3.63) is 59.5 Å². The number of hydrogen-bond acceptors (Lipinski definition) is 4. The van der Waals surface area contributed by atoms with E-state index in [4.69, 9.17) is 4.42 Å². The van der Waals surface area contributed by atoms with Crippen LogP contribution in [0.3, 0.4) is 0 Å². The molecule has 4 rings (SSSR count). The molecular weight excluding hydrogens is 513 g/mol. The van der Waals surface area contributed by atoms with Crippen molar-refractivity contribution in [3.63, 3.8) is 0 Å². The first-order valence-electron chi connectivity index (χ1n) is 11.7. The molecule has 32 heavy (non-hydrogen) atoms. The summed E-state index contributed by atoms with van der Waals surface area (Å²) in [5, 5.41) is 7.19. The van der Waals surface area contributed by atoms with Crippen LogP contribution in [0.1, 0.15) is 49.0 Å². The molecule has 2 heterocycles. The Labute approximate surface area is 209 Å². The molecule has 2 aliphatic rings. The number of benzene rings is 1. The topological polar surface area (TPSA) is 56.0 Å². The molecule has 2 N–H and O–H groups in total. The van der Waals surface area contributed by atoms with E-state index in [9.17, 15) is 0 Å². The van der Waals surface area contributed by atoms with Gasteiger partial charge in [-0.25, -0.2) is 0 Å². The number of likely N-dealkylation sites (tertiary alicyclic amines) is 1. The average molecular weight is 552 g/mol. The molecule has 6 nitrogen and oxygen atoms in total. The Morgan fingerprint density at radius 2 is 1.88 bits per heavy atom. The highest BCUT2D eigenvalue weighted by Gasteiger charge is 2.30. The van der Waals surface area contributed by atoms with Gasteiger partial charge in [-0.05, 0) is 49.6 Å². The fourth-order valence-electron chi connectivity index (χ4n) is 4.97. The van der Waals surface area contributed by atoms with Crippen molar-refractivity contribution in [2.45, 2.75) is 63.8 Å². The maximum atomic E-state index is 5.49. The van der Waals surface area contributed by atoms with Crippen LogP contribution in [0.15, 0.2) is 52.1 Å². The molecule has 0 bridgehead atoms. The van der Waals surface area contributed by atoms with Crippen molar-refractivity contribution < 1.29 is 4.42 Å². The normalized spacial score (nSPS) is 20.0. The van der Waals surface area contributed by atoms with Crippen molar-refractivity contribution in [2.24, 2.45) is 4.99 Å². The van der Waals surface area contributed by atoms with Gasteiger partial charge >= 0.3 is 0 Å². The summed E-state index contributed by atoms with van der Waals surface area (Å²) in [7, 11) is 3.99. The second kappa shape index (κ2) is 12.6. The van der Waals surface area contributed by atoms with E-state index in [1.165, 1.54) is 49.8 Å². The predicted molar refractivity (Wildman–Crippen MR) is 141 cm³/mol. The number of nitrogens with one attached hydrogen (secondary N) is 2. The molecule has 1 saturated heterocycles. The Kier molecular flexibility index (Phi) is 9.87. The number of guanidine groups is 1. The van der Waals surface area contributed by atoms with Gasteiger partial charge in [0.1, 0.15) is 5.76 Å². The quantitative estimate of drug-likeness (QED) is 0.293. The van der Waals surface area contributed by atoms with Gasteiger partial charge in [-0.1, -0.05) is 37.1 Å². The Morgan fingerprint density at radius 1 is 1.09 bits per heavy atom. The minimum Gasteiger partial charge on any atom is -0.468 e. The van der Waals surface area contributed by atoms with E-state index in [0.717, 1.165) is 43.9 Å². The van der Waals surface area contributed by atoms with E-state index >= 15 is 0 Å². The zero-order chi connectivity index (χ0) is 21.5. The smallest absolute Gasteiger partial charge is 0.191 e. The van der Waals surface area contributed by atoms with E-state index < -0.39 is 0 Å². The lowest BCUT2D eigenvalue weighted by molar-refractivity contribution is 0.242. The minimum atomic E-state index is 0. The molecule has 1 unspecified atom stereocenters. The summed E-state index contributed by atoms with van der Waals surface area (Å²) in [5.41, 5.74) is 2.63. The molecule has 1 aromatic heterocycles. The molecule has 1 aliphatic heterocycles. The van der Waals surface area contributed by atoms with Crippen molar-refractivity contribution in [3.8, 4) is 0 Å². The van der Waals surface area contributed by atoms with E-state index in [-0.39, 0.29) is 24.0 Å². The monoisotopic (exact) mass is 551 g/mol. The fourth-order valence-corrected chi connectivity index (χ4v) is 4.97. The Morgan fingerprint density at radius 3 is 2.59 bits per heavy atom. The van der Waals surface area contributed by atoms with Gasteiger partial charge in [-0.2, -0.15) is 0 Å². The summed E-state index contributed by atoms with van der Waals surface area (Å²) in [4.78, 5) is 9.44. The Balaban J connectivity index is 0.00000289. The SMILES string of the molecule is CN=C(NCc1ccccc1CN(C)Cc1ccco1)NC1CCN(C2CCCC2)C1.I. The number of halogens is 1. The third kappa shape index (κ3) is 6.96. The van der Waals surface area contributed by atoms with Crippen LogP contribution in [0.25, 0.3) is 0 Å². The van der Waals surface area contributed by atoms with Crippen LogP contribution in [0.4, 0.5) is 0 Å². The fraction of sp³-hybridized carbons (Fsp3) is 0.560. The summed E-state index contributed by atoms with van der Waals surface area (Å²) < 4.78 is 5.49. The second-order valence-corrected chi connectivity index (χ2v) is 9.01. The highest BCUT2D eigenvalue weighted by atomic mass is 127. The van der Waals surface area contributed by atoms with Gasteiger partial charge in [0, 0.05) is 45.3 Å². The lowest BCUT2D eigenvalue weighted by Gasteiger charge is -2.24. The molecule has 1 aliphatic carbocycles. The number of hydrogen-bond donors (Lipinski definition) is 2. The van der Waals surface area contributed by atoms with Crippen molar-refractivity contribution in [1.82, 2.24) is 20.4 Å². The molecule has 0 radical (unpaired) electrons. The summed E-state index contributed by atoms with van der Waals surface area (Å²) in [6.07, 6.45) is 8.50. The number of rotatable bonds is 8. The number of nitrogens with zero attached hydrogens (tertiary/aromatic N) is 3. The van der Waals surface area contributed by atoms with Gasteiger partial charge in [0.05, 0.1) is 12.8 Å². The van der Waals surface area contributed by atoms with Crippen LogP contribution >= 0.6 is 24.0 Å². The van der Waals surface area contributed by atoms with E-state index in [1.807, 2.05) is 19.2 Å². The molecule has 0 spiro atoms. The highest BCUT2D eigenvalue weighted by Crippen LogP contribution is 2.26. The third-order valence-corrected chi connectivity index (χ3v) is 6.64. The summed E-state index contributed by atoms with van der Waals surface area (Å²) in [5.74, 6) is 1.89. The van der Waals surface area contributed by atoms with E-state index in [0.29, 0.717) is 6.04 Å². The first-order valence-corrected chi connectivity index (χ1v) is 11.7. The van der Waals surface area contributed by atoms with Gasteiger partial charge in [-0.3, -0.25) is 14.8 Å². The summed E-state index contributed by atoms with van der Waals surface area (Å²) in [6, 6.07) is 13.9. The second-order valence-electron chi connectivity index (χ2n) is 9.01. The zero-order valence-electron chi connectivity index (χ0n) is 19.4. The summed E-state index contributed by atoms with van der Waals surface area (Å²) >= 11 is 0. The highest BCUT2D eigenvalue weighted by molar-refractivity contribution is 14.0. The third-order valence-electron chi connectivity index (χ3n) is 6.64. The number of furan rings is 1. The maximum Gasteiger partial charge on any atom is 0.191 e. The van der Waals surface area contributed by atoms with Crippen LogP contribution in [0, 0.1) is 0 Å². The standard InChI is InChI=1S/C25H37N5O.HI/c1-26-25(28-22-13-14-30(18-22)23-10-5-6-11-23)27-16-20-8-3-4-9-21(20)17-29(2)19-24-12-7-15-31-24;/h3-4,7-9,12,15,22-23H,5-6,10-11,13-14,16-19H2,1-2H3,(H2,26,27,28);1H. The van der Waals surface area contributed by atoms with E-state index in [1.54, 1.807) is 6.26 Å². The van der Waals surface area contributed by atoms with Gasteiger partial charge in [0.25, 0.3) is 0 Å². The largest absolute Gasteiger partial charge is 0.468 e. The Bertz CT molecular complexity index is 835. The van der Waals surface area contributed by atoms with Crippen molar-refractivity contribution >= 4 is 29.9 Å². The molecule has 1 aromatic carbocycles. The van der Waals surface area contributed by atoms with Crippen LogP contribution < -0.4 is 10.6 Å². The first kappa shape index (κ1) is 25.1. The zero-order valence-corrected chi connectivity index (χ0v) is 21.8. The summed E-state index contributed by atoms with van der Waals surface area (Å²) in [6.45, 7) is 4.80. The van der Waals surface area contributed by atoms with Crippen LogP contribution in [-0.2, 0) is 19.6 Å². The minimum absolute atomic E-state index is 0. The van der Waals surface area contributed by atoms with Crippen LogP contribution in [-0.4, -0.2) is 55.0 Å². The molecule has 2 fully saturated rings. The van der Waals surface area contributed by atoms with Crippen LogP contribution in [0.5, 0.6) is 0 Å². The van der Waals surface area contributed by atoms with Gasteiger partial charge in [0.15, 0.2) is 5.96 Å². The number of aliphatic imine (C=N–C) groups is 1. The van der Waals surface area contributed by atoms with Crippen LogP contribution in [0.2, 0.25) is 0 Å². The molecule has 0 amide bonds. The molecule has 176 valence electrons. The van der Waals surface area contributed by atoms with Gasteiger partial charge in [-0.15, -0.1) is 24.0 Å². The molecule has 2 aromatic rings. The molecular formula is C25H38IN5O. The van der Waals surface area contributed by atoms with E-state index in [2.05, 4.69) is 56.7 Å². The molecule has 7 heteroatoms. The first-order chi connectivity index (χ1) is 15.2. The van der Waals surface area contributed by atoms with Gasteiger partial charge in [0.2, 0.25) is 0 Å². The van der Waals surface area contributed by atoms with Crippen molar-refractivity contribution in [1.29, 1.82) is 0 Å². The molecule has 1 saturated carbocycles. The lowest BCUT2D eigenvalue weighted by Crippen LogP contribution is -2.45. The predicted octanol–water partition coefficient (Wildman–Crippen LogP) is 4.21. The Hall–Kier alpha value is -1.58. The lowest BCUT2D eigenvalue weighted by atomic mass is 10.1. The van der Waals surface area contributed by atoms with Gasteiger partial charge < -0.3 is 15.1 Å². The average Bonchev–Trinajstić information content (AvgIpc) is 3.54. The molecule has 1 atom stereocenters. The maximum absolute atomic E-state index is 5.49.